The Bertz CT molecular complexity index is 570. The van der Waals surface area contributed by atoms with Gasteiger partial charge in [0.2, 0.25) is 5.91 Å². The normalized spacial score (nSPS) is 11.3. The highest BCUT2D eigenvalue weighted by Crippen LogP contribution is 2.08. The number of aliphatic carboxylic acids is 1. The van der Waals surface area contributed by atoms with Crippen molar-refractivity contribution in [2.75, 3.05) is 99.4 Å². The van der Waals surface area contributed by atoms with Gasteiger partial charge < -0.3 is 48.5 Å². The topological polar surface area (TPSA) is 151 Å². The van der Waals surface area contributed by atoms with E-state index in [2.05, 4.69) is 10.1 Å². The fourth-order valence-electron chi connectivity index (χ4n) is 2.16. The molecule has 0 aromatic rings. The van der Waals surface area contributed by atoms with Gasteiger partial charge in [-0.25, -0.2) is 9.59 Å². The molecule has 0 saturated heterocycles. The lowest BCUT2D eigenvalue weighted by Crippen LogP contribution is -2.36. The lowest BCUT2D eigenvalue weighted by molar-refractivity contribution is -0.143. The van der Waals surface area contributed by atoms with Crippen LogP contribution in [-0.2, 0) is 42.7 Å². The highest BCUT2D eigenvalue weighted by atomic mass is 16.6. The van der Waals surface area contributed by atoms with Crippen molar-refractivity contribution in [2.45, 2.75) is 26.4 Å². The third-order valence-corrected chi connectivity index (χ3v) is 3.79. The predicted octanol–water partition coefficient (Wildman–Crippen LogP) is 0.154. The first-order valence-corrected chi connectivity index (χ1v) is 11.5. The molecule has 13 nitrogen and oxygen atoms in total. The Morgan fingerprint density at radius 2 is 1.17 bits per heavy atom. The molecule has 2 amide bonds. The lowest BCUT2D eigenvalue weighted by atomic mass is 10.2. The summed E-state index contributed by atoms with van der Waals surface area (Å²) in [6, 6.07) is 0. The van der Waals surface area contributed by atoms with E-state index < -0.39 is 24.1 Å². The van der Waals surface area contributed by atoms with E-state index in [1.54, 1.807) is 7.05 Å². The molecular formula is C22H42N2O11. The summed E-state index contributed by atoms with van der Waals surface area (Å²) in [6.45, 7) is 9.47. The van der Waals surface area contributed by atoms with E-state index in [4.69, 9.17) is 33.5 Å². The molecule has 0 rings (SSSR count). The highest BCUT2D eigenvalue weighted by molar-refractivity contribution is 5.77. The molecule has 0 heterocycles. The van der Waals surface area contributed by atoms with Crippen LogP contribution < -0.4 is 5.32 Å². The van der Waals surface area contributed by atoms with Gasteiger partial charge in [-0.3, -0.25) is 4.79 Å². The average Bonchev–Trinajstić information content (AvgIpc) is 2.76. The number of carbonyl (C=O) groups is 3. The van der Waals surface area contributed by atoms with Crippen LogP contribution in [0.5, 0.6) is 0 Å². The van der Waals surface area contributed by atoms with Gasteiger partial charge in [0.05, 0.1) is 66.1 Å². The van der Waals surface area contributed by atoms with Crippen molar-refractivity contribution in [1.29, 1.82) is 0 Å². The van der Waals surface area contributed by atoms with Gasteiger partial charge in [0.1, 0.15) is 18.8 Å². The van der Waals surface area contributed by atoms with Gasteiger partial charge in [-0.2, -0.15) is 0 Å². The second-order valence-corrected chi connectivity index (χ2v) is 8.20. The van der Waals surface area contributed by atoms with Crippen molar-refractivity contribution in [3.63, 3.8) is 0 Å². The van der Waals surface area contributed by atoms with Crippen molar-refractivity contribution in [1.82, 2.24) is 10.2 Å². The quantitative estimate of drug-likeness (QED) is 0.192. The molecule has 206 valence electrons. The maximum atomic E-state index is 11.8. The van der Waals surface area contributed by atoms with E-state index in [-0.39, 0.29) is 12.7 Å². The van der Waals surface area contributed by atoms with E-state index in [0.717, 1.165) is 0 Å². The SMILES string of the molecule is CN(CCOCCOCCOCCOCCOCCNC(=O)COCC(=O)O)C(=O)OC(C)(C)C. The molecule has 0 saturated carbocycles. The number of hydrogen-bond acceptors (Lipinski definition) is 10. The van der Waals surface area contributed by atoms with Crippen LogP contribution in [0, 0.1) is 0 Å². The molecular weight excluding hydrogens is 468 g/mol. The van der Waals surface area contributed by atoms with Gasteiger partial charge in [0, 0.05) is 20.1 Å². The second-order valence-electron chi connectivity index (χ2n) is 8.20. The molecule has 13 heteroatoms. The molecule has 0 aliphatic rings. The molecule has 0 unspecified atom stereocenters. The summed E-state index contributed by atoms with van der Waals surface area (Å²) in [7, 11) is 1.66. The van der Waals surface area contributed by atoms with E-state index in [0.29, 0.717) is 79.2 Å². The van der Waals surface area contributed by atoms with E-state index in [1.165, 1.54) is 4.90 Å². The molecule has 0 atom stereocenters. The summed E-state index contributed by atoms with van der Waals surface area (Å²) >= 11 is 0. The Morgan fingerprint density at radius 1 is 0.714 bits per heavy atom. The number of carboxylic acid groups (broad SMARTS) is 1. The van der Waals surface area contributed by atoms with E-state index >= 15 is 0 Å². The number of carboxylic acids is 1. The summed E-state index contributed by atoms with van der Waals surface area (Å²) in [5.74, 6) is -1.53. The predicted molar refractivity (Wildman–Crippen MR) is 124 cm³/mol. The van der Waals surface area contributed by atoms with Gasteiger partial charge in [-0.05, 0) is 20.8 Å². The minimum atomic E-state index is -1.13. The van der Waals surface area contributed by atoms with Crippen LogP contribution in [0.2, 0.25) is 0 Å². The van der Waals surface area contributed by atoms with Crippen LogP contribution in [-0.4, -0.2) is 133 Å². The van der Waals surface area contributed by atoms with Crippen molar-refractivity contribution >= 4 is 18.0 Å². The summed E-state index contributed by atoms with van der Waals surface area (Å²) in [5.41, 5.74) is -0.519. The molecule has 35 heavy (non-hydrogen) atoms. The average molecular weight is 511 g/mol. The van der Waals surface area contributed by atoms with Crippen LogP contribution in [0.3, 0.4) is 0 Å². The summed E-state index contributed by atoms with van der Waals surface area (Å²) in [5, 5.41) is 10.9. The zero-order chi connectivity index (χ0) is 26.4. The van der Waals surface area contributed by atoms with Gasteiger partial charge in [0.15, 0.2) is 0 Å². The summed E-state index contributed by atoms with van der Waals surface area (Å²) in [6.07, 6.45) is -0.379. The number of hydrogen-bond donors (Lipinski definition) is 2. The highest BCUT2D eigenvalue weighted by Gasteiger charge is 2.19. The Hall–Kier alpha value is -2.03. The molecule has 0 aromatic carbocycles. The number of rotatable bonds is 22. The molecule has 0 spiro atoms. The van der Waals surface area contributed by atoms with Crippen LogP contribution in [0.1, 0.15) is 20.8 Å². The standard InChI is InChI=1S/C22H42N2O11/c1-22(2,3)35-21(28)24(4)6-8-30-10-12-32-14-16-33-15-13-31-11-9-29-7-5-23-19(25)17-34-18-20(26)27/h5-18H2,1-4H3,(H,23,25)(H,26,27). The first-order chi connectivity index (χ1) is 16.6. The van der Waals surface area contributed by atoms with Crippen molar-refractivity contribution in [3.05, 3.63) is 0 Å². The van der Waals surface area contributed by atoms with Gasteiger partial charge in [0.25, 0.3) is 0 Å². The largest absolute Gasteiger partial charge is 0.480 e. The Balaban J connectivity index is 3.28. The molecule has 0 aliphatic carbocycles. The molecule has 2 N–H and O–H groups in total. The zero-order valence-corrected chi connectivity index (χ0v) is 21.4. The molecule has 0 fully saturated rings. The third-order valence-electron chi connectivity index (χ3n) is 3.79. The molecule has 0 radical (unpaired) electrons. The molecule has 0 aromatic heterocycles. The Morgan fingerprint density at radius 3 is 1.63 bits per heavy atom. The Labute approximate surface area is 207 Å². The maximum absolute atomic E-state index is 11.8. The number of amides is 2. The van der Waals surface area contributed by atoms with Crippen LogP contribution in [0.4, 0.5) is 4.79 Å². The minimum Gasteiger partial charge on any atom is -0.480 e. The molecule has 0 aliphatic heterocycles. The zero-order valence-electron chi connectivity index (χ0n) is 21.4. The smallest absolute Gasteiger partial charge is 0.410 e. The number of likely N-dealkylation sites (N-methyl/N-ethyl adjacent to an activating group) is 1. The second kappa shape index (κ2) is 21.3. The first kappa shape index (κ1) is 33.0. The third kappa shape index (κ3) is 24.9. The monoisotopic (exact) mass is 510 g/mol. The summed E-state index contributed by atoms with van der Waals surface area (Å²) in [4.78, 5) is 34.8. The number of carbonyl (C=O) groups excluding carboxylic acids is 2. The number of nitrogens with zero attached hydrogens (tertiary/aromatic N) is 1. The first-order valence-electron chi connectivity index (χ1n) is 11.5. The lowest BCUT2D eigenvalue weighted by Gasteiger charge is -2.24. The van der Waals surface area contributed by atoms with Crippen molar-refractivity contribution in [3.8, 4) is 0 Å². The number of ether oxygens (including phenoxy) is 7. The maximum Gasteiger partial charge on any atom is 0.410 e. The number of nitrogens with one attached hydrogen (secondary N) is 1. The minimum absolute atomic E-state index is 0.298. The van der Waals surface area contributed by atoms with Gasteiger partial charge in [-0.15, -0.1) is 0 Å². The van der Waals surface area contributed by atoms with E-state index in [9.17, 15) is 14.4 Å². The van der Waals surface area contributed by atoms with Crippen molar-refractivity contribution in [2.24, 2.45) is 0 Å². The molecule has 0 bridgehead atoms. The van der Waals surface area contributed by atoms with Crippen LogP contribution in [0.15, 0.2) is 0 Å². The van der Waals surface area contributed by atoms with Crippen LogP contribution in [0.25, 0.3) is 0 Å². The van der Waals surface area contributed by atoms with E-state index in [1.807, 2.05) is 20.8 Å². The fraction of sp³-hybridized carbons (Fsp3) is 0.864. The van der Waals surface area contributed by atoms with Gasteiger partial charge >= 0.3 is 12.1 Å². The van der Waals surface area contributed by atoms with Crippen molar-refractivity contribution < 1.29 is 52.6 Å². The van der Waals surface area contributed by atoms with Crippen LogP contribution >= 0.6 is 0 Å². The van der Waals surface area contributed by atoms with Gasteiger partial charge in [-0.1, -0.05) is 0 Å². The summed E-state index contributed by atoms with van der Waals surface area (Å²) < 4.78 is 36.8. The Kier molecular flexibility index (Phi) is 20.0. The fourth-order valence-corrected chi connectivity index (χ4v) is 2.16.